The quantitative estimate of drug-likeness (QED) is 0.399. The highest BCUT2D eigenvalue weighted by molar-refractivity contribution is 7.97. The number of carbonyl (C=O) groups is 2. The van der Waals surface area contributed by atoms with Crippen LogP contribution in [0.4, 0.5) is 0 Å². The highest BCUT2D eigenvalue weighted by Crippen LogP contribution is 2.19. The van der Waals surface area contributed by atoms with Crippen LogP contribution in [0.25, 0.3) is 0 Å². The first kappa shape index (κ1) is 9.66. The second kappa shape index (κ2) is 3.53. The van der Waals surface area contributed by atoms with Crippen molar-refractivity contribution < 1.29 is 14.5 Å². The molecule has 0 radical (unpaired) electrons. The van der Waals surface area contributed by atoms with Crippen molar-refractivity contribution in [2.75, 3.05) is 0 Å². The van der Waals surface area contributed by atoms with Gasteiger partial charge in [0.2, 0.25) is 5.12 Å². The summed E-state index contributed by atoms with van der Waals surface area (Å²) in [5.41, 5.74) is -0.500. The summed E-state index contributed by atoms with van der Waals surface area (Å²) in [6, 6.07) is 0. The number of hydrogen-bond acceptors (Lipinski definition) is 4. The Hall–Kier alpha value is -1.43. The van der Waals surface area contributed by atoms with Crippen molar-refractivity contribution in [3.8, 4) is 0 Å². The van der Waals surface area contributed by atoms with Crippen molar-refractivity contribution in [2.45, 2.75) is 6.42 Å². The van der Waals surface area contributed by atoms with E-state index in [1.807, 2.05) is 0 Å². The molecule has 0 spiro atoms. The lowest BCUT2D eigenvalue weighted by Crippen LogP contribution is -2.13. The molecular formula is C7H5NO4S. The minimum Gasteiger partial charge on any atom is -0.294 e. The molecule has 0 aromatic carbocycles. The molecule has 0 unspecified atom stereocenters. The number of carbonyl (C=O) groups excluding carboxylic acids is 2. The second-order valence-corrected chi connectivity index (χ2v) is 2.81. The average Bonchev–Trinajstić information content (AvgIpc) is 2.03. The monoisotopic (exact) mass is 199 g/mol. The molecule has 0 atom stereocenters. The van der Waals surface area contributed by atoms with Gasteiger partial charge in [-0.15, -0.1) is 12.6 Å². The number of nitro groups is 1. The van der Waals surface area contributed by atoms with E-state index in [0.29, 0.717) is 0 Å². The first-order valence-corrected chi connectivity index (χ1v) is 3.79. The highest BCUT2D eigenvalue weighted by atomic mass is 32.1. The van der Waals surface area contributed by atoms with Crippen LogP contribution in [0.15, 0.2) is 23.4 Å². The van der Waals surface area contributed by atoms with E-state index in [2.05, 4.69) is 12.6 Å². The number of thiol groups is 1. The van der Waals surface area contributed by atoms with Crippen molar-refractivity contribution in [3.05, 3.63) is 33.5 Å². The van der Waals surface area contributed by atoms with Crippen LogP contribution in [0.1, 0.15) is 6.42 Å². The van der Waals surface area contributed by atoms with E-state index in [9.17, 15) is 19.7 Å². The van der Waals surface area contributed by atoms with Gasteiger partial charge in [0.15, 0.2) is 5.78 Å². The van der Waals surface area contributed by atoms with Crippen molar-refractivity contribution in [1.29, 1.82) is 0 Å². The molecule has 0 saturated heterocycles. The predicted molar refractivity (Wildman–Crippen MR) is 46.8 cm³/mol. The van der Waals surface area contributed by atoms with Gasteiger partial charge in [0.1, 0.15) is 0 Å². The van der Waals surface area contributed by atoms with Gasteiger partial charge in [-0.1, -0.05) is 0 Å². The molecule has 0 heterocycles. The van der Waals surface area contributed by atoms with Crippen LogP contribution in [0.3, 0.4) is 0 Å². The Morgan fingerprint density at radius 2 is 2.15 bits per heavy atom. The van der Waals surface area contributed by atoms with Crippen LogP contribution in [-0.4, -0.2) is 15.8 Å². The smallest absolute Gasteiger partial charge is 0.277 e. The number of ketones is 1. The van der Waals surface area contributed by atoms with Crippen molar-refractivity contribution in [1.82, 2.24) is 0 Å². The molecule has 0 aromatic heterocycles. The van der Waals surface area contributed by atoms with Crippen molar-refractivity contribution in [2.24, 2.45) is 0 Å². The number of nitrogens with zero attached hydrogens (tertiary/aromatic N) is 1. The Kier molecular flexibility index (Phi) is 2.62. The summed E-state index contributed by atoms with van der Waals surface area (Å²) in [7, 11) is 0. The molecule has 0 aliphatic heterocycles. The molecule has 0 amide bonds. The Labute approximate surface area is 78.7 Å². The summed E-state index contributed by atoms with van der Waals surface area (Å²) in [5, 5.41) is 9.64. The van der Waals surface area contributed by atoms with Crippen LogP contribution in [-0.2, 0) is 9.59 Å². The zero-order chi connectivity index (χ0) is 10.0. The molecule has 1 aliphatic carbocycles. The standard InChI is InChI=1S/C7H5NO4S/c9-4-1-2-6(8(11)12)5(3-4)7(10)13/h1-2H,3H2,(H,10,13). The van der Waals surface area contributed by atoms with Gasteiger partial charge >= 0.3 is 0 Å². The maximum atomic E-state index is 10.8. The Morgan fingerprint density at radius 1 is 1.54 bits per heavy atom. The molecule has 1 rings (SSSR count). The molecule has 0 N–H and O–H groups in total. The Morgan fingerprint density at radius 3 is 2.62 bits per heavy atom. The van der Waals surface area contributed by atoms with Gasteiger partial charge < -0.3 is 0 Å². The van der Waals surface area contributed by atoms with Crippen LogP contribution < -0.4 is 0 Å². The van der Waals surface area contributed by atoms with Gasteiger partial charge in [0.25, 0.3) is 5.70 Å². The van der Waals surface area contributed by atoms with Crippen molar-refractivity contribution >= 4 is 23.5 Å². The van der Waals surface area contributed by atoms with Gasteiger partial charge in [-0.3, -0.25) is 19.7 Å². The molecule has 6 heteroatoms. The maximum Gasteiger partial charge on any atom is 0.277 e. The topological polar surface area (TPSA) is 77.3 Å². The SMILES string of the molecule is O=C1C=CC([N+](=O)[O-])=C(C(=O)S)C1. The molecule has 0 saturated carbocycles. The summed E-state index contributed by atoms with van der Waals surface area (Å²) in [4.78, 5) is 31.3. The van der Waals surface area contributed by atoms with Crippen LogP contribution in [0.2, 0.25) is 0 Å². The zero-order valence-corrected chi connectivity index (χ0v) is 7.28. The largest absolute Gasteiger partial charge is 0.294 e. The van der Waals surface area contributed by atoms with E-state index in [4.69, 9.17) is 0 Å². The number of rotatable bonds is 2. The van der Waals surface area contributed by atoms with Crippen molar-refractivity contribution in [3.63, 3.8) is 0 Å². The fourth-order valence-electron chi connectivity index (χ4n) is 0.952. The first-order chi connectivity index (χ1) is 6.02. The zero-order valence-electron chi connectivity index (χ0n) is 6.39. The lowest BCUT2D eigenvalue weighted by molar-refractivity contribution is -0.420. The predicted octanol–water partition coefficient (Wildman–Crippen LogP) is 0.503. The van der Waals surface area contributed by atoms with Crippen LogP contribution in [0.5, 0.6) is 0 Å². The van der Waals surface area contributed by atoms with Gasteiger partial charge in [-0.25, -0.2) is 0 Å². The first-order valence-electron chi connectivity index (χ1n) is 3.34. The summed E-state index contributed by atoms with van der Waals surface area (Å²) in [6.45, 7) is 0. The van der Waals surface area contributed by atoms with Crippen LogP contribution >= 0.6 is 12.6 Å². The fraction of sp³-hybridized carbons (Fsp3) is 0.143. The Bertz CT molecular complexity index is 356. The van der Waals surface area contributed by atoms with Gasteiger partial charge in [0, 0.05) is 12.5 Å². The third-order valence-corrected chi connectivity index (χ3v) is 1.81. The minimum atomic E-state index is -0.732. The van der Waals surface area contributed by atoms with E-state index in [1.165, 1.54) is 0 Å². The molecule has 13 heavy (non-hydrogen) atoms. The average molecular weight is 199 g/mol. The fourth-order valence-corrected chi connectivity index (χ4v) is 1.15. The number of hydrogen-bond donors (Lipinski definition) is 1. The lowest BCUT2D eigenvalue weighted by atomic mass is 10.0. The van der Waals surface area contributed by atoms with Gasteiger partial charge in [0.05, 0.1) is 10.5 Å². The maximum absolute atomic E-state index is 10.8. The second-order valence-electron chi connectivity index (χ2n) is 2.40. The number of allylic oxidation sites excluding steroid dienone is 2. The molecular weight excluding hydrogens is 194 g/mol. The molecule has 0 aromatic rings. The molecule has 0 bridgehead atoms. The summed E-state index contributed by atoms with van der Waals surface area (Å²) in [5.74, 6) is -0.331. The normalized spacial score (nSPS) is 16.2. The van der Waals surface area contributed by atoms with E-state index in [-0.39, 0.29) is 23.5 Å². The van der Waals surface area contributed by atoms with Gasteiger partial charge in [-0.2, -0.15) is 0 Å². The summed E-state index contributed by atoms with van der Waals surface area (Å²) in [6.07, 6.45) is 1.86. The third kappa shape index (κ3) is 2.03. The van der Waals surface area contributed by atoms with Crippen LogP contribution in [0, 0.1) is 10.1 Å². The Balaban J connectivity index is 3.17. The highest BCUT2D eigenvalue weighted by Gasteiger charge is 2.25. The molecule has 68 valence electrons. The summed E-state index contributed by atoms with van der Waals surface area (Å²) < 4.78 is 0. The lowest BCUT2D eigenvalue weighted by Gasteiger charge is -2.04. The van der Waals surface area contributed by atoms with E-state index in [0.717, 1.165) is 12.2 Å². The minimum absolute atomic E-state index is 0.152. The van der Waals surface area contributed by atoms with E-state index in [1.54, 1.807) is 0 Å². The van der Waals surface area contributed by atoms with E-state index >= 15 is 0 Å². The molecule has 1 aliphatic rings. The third-order valence-electron chi connectivity index (χ3n) is 1.54. The molecule has 5 nitrogen and oxygen atoms in total. The van der Waals surface area contributed by atoms with Gasteiger partial charge in [-0.05, 0) is 6.08 Å². The molecule has 0 fully saturated rings. The summed E-state index contributed by atoms with van der Waals surface area (Å²) >= 11 is 3.45. The van der Waals surface area contributed by atoms with E-state index < -0.39 is 10.0 Å².